The number of hydrogen-bond acceptors (Lipinski definition) is 0. The van der Waals surface area contributed by atoms with Gasteiger partial charge in [-0.2, -0.15) is 0 Å². The Morgan fingerprint density at radius 2 is 1.91 bits per heavy atom. The van der Waals surface area contributed by atoms with Crippen molar-refractivity contribution in [2.24, 2.45) is 0 Å². The molecular formula is C11H14. The van der Waals surface area contributed by atoms with E-state index in [1.54, 1.807) is 0 Å². The first-order valence-electron chi connectivity index (χ1n) is 4.15. The minimum Gasteiger partial charge on any atom is -0.0613 e. The quantitative estimate of drug-likeness (QED) is 0.602. The monoisotopic (exact) mass is 146 g/mol. The first-order valence-corrected chi connectivity index (χ1v) is 4.15. The first-order chi connectivity index (χ1) is 5.27. The van der Waals surface area contributed by atoms with E-state index in [2.05, 4.69) is 32.0 Å². The molecule has 0 heterocycles. The van der Waals surface area contributed by atoms with Gasteiger partial charge in [-0.25, -0.2) is 0 Å². The van der Waals surface area contributed by atoms with E-state index in [0.29, 0.717) is 0 Å². The summed E-state index contributed by atoms with van der Waals surface area (Å²) in [5.41, 5.74) is 3.51. The van der Waals surface area contributed by atoms with E-state index in [0.717, 1.165) is 18.4 Å². The molecule has 0 saturated carbocycles. The van der Waals surface area contributed by atoms with Gasteiger partial charge in [0.15, 0.2) is 0 Å². The number of rotatable bonds is 2. The zero-order valence-corrected chi connectivity index (χ0v) is 7.22. The van der Waals surface area contributed by atoms with Crippen molar-refractivity contribution in [2.45, 2.75) is 26.7 Å². The van der Waals surface area contributed by atoms with Crippen molar-refractivity contribution in [3.05, 3.63) is 41.8 Å². The van der Waals surface area contributed by atoms with E-state index in [4.69, 9.17) is 6.92 Å². The Morgan fingerprint density at radius 1 is 1.18 bits per heavy atom. The summed E-state index contributed by atoms with van der Waals surface area (Å²) in [4.78, 5) is 0. The third-order valence-corrected chi connectivity index (χ3v) is 2.00. The largest absolute Gasteiger partial charge is 0.0613 e. The van der Waals surface area contributed by atoms with Crippen molar-refractivity contribution in [3.63, 3.8) is 0 Å². The van der Waals surface area contributed by atoms with Crippen molar-refractivity contribution in [1.82, 2.24) is 0 Å². The summed E-state index contributed by atoms with van der Waals surface area (Å²) in [6, 6.07) is 6.34. The molecule has 0 N–H and O–H groups in total. The molecule has 0 aliphatic carbocycles. The molecule has 0 aromatic heterocycles. The van der Waals surface area contributed by atoms with Crippen LogP contribution in [0.4, 0.5) is 0 Å². The van der Waals surface area contributed by atoms with Gasteiger partial charge in [0.1, 0.15) is 0 Å². The van der Waals surface area contributed by atoms with Crippen LogP contribution in [0.2, 0.25) is 0 Å². The van der Waals surface area contributed by atoms with E-state index in [1.807, 2.05) is 0 Å². The van der Waals surface area contributed by atoms with Crippen LogP contribution in [0.3, 0.4) is 0 Å². The molecule has 0 amide bonds. The lowest BCUT2D eigenvalue weighted by Gasteiger charge is -2.03. The molecule has 0 saturated heterocycles. The van der Waals surface area contributed by atoms with Crippen molar-refractivity contribution >= 4 is 0 Å². The van der Waals surface area contributed by atoms with E-state index >= 15 is 0 Å². The molecule has 1 aromatic rings. The summed E-state index contributed by atoms with van der Waals surface area (Å²) < 4.78 is 0. The van der Waals surface area contributed by atoms with Crippen LogP contribution in [0.5, 0.6) is 0 Å². The Kier molecular flexibility index (Phi) is 2.70. The minimum atomic E-state index is 0.937. The Balaban J connectivity index is 2.99. The highest BCUT2D eigenvalue weighted by Crippen LogP contribution is 2.11. The van der Waals surface area contributed by atoms with Gasteiger partial charge in [0.2, 0.25) is 0 Å². The van der Waals surface area contributed by atoms with Gasteiger partial charge in [0.05, 0.1) is 0 Å². The molecule has 0 unspecified atom stereocenters. The SMILES string of the molecule is [CH]c1cc(CC)ccc1CC. The standard InChI is InChI=1S/C11H14/c1-4-10-6-7-11(5-2)9(3)8-10/h3,6-8H,4-5H2,1-2H3. The third-order valence-electron chi connectivity index (χ3n) is 2.00. The molecule has 0 nitrogen and oxygen atoms in total. The lowest BCUT2D eigenvalue weighted by atomic mass is 10.0. The fourth-order valence-electron chi connectivity index (χ4n) is 1.19. The van der Waals surface area contributed by atoms with Gasteiger partial charge < -0.3 is 0 Å². The van der Waals surface area contributed by atoms with Crippen LogP contribution in [-0.4, -0.2) is 0 Å². The lowest BCUT2D eigenvalue weighted by Crippen LogP contribution is -1.88. The smallest absolute Gasteiger partial charge is 0.000901 e. The second-order valence-corrected chi connectivity index (χ2v) is 2.74. The molecule has 0 spiro atoms. The summed E-state index contributed by atoms with van der Waals surface area (Å²) in [5, 5.41) is 0. The Labute approximate surface area is 69.3 Å². The van der Waals surface area contributed by atoms with Crippen molar-refractivity contribution < 1.29 is 0 Å². The van der Waals surface area contributed by atoms with Crippen LogP contribution in [0.25, 0.3) is 0 Å². The maximum Gasteiger partial charge on any atom is -0.000901 e. The molecule has 11 heavy (non-hydrogen) atoms. The minimum absolute atomic E-state index is 0.937. The summed E-state index contributed by atoms with van der Waals surface area (Å²) >= 11 is 0. The molecule has 0 heteroatoms. The van der Waals surface area contributed by atoms with Gasteiger partial charge in [-0.15, -0.1) is 0 Å². The van der Waals surface area contributed by atoms with Crippen LogP contribution in [0.15, 0.2) is 18.2 Å². The normalized spacial score (nSPS) is 10.1. The number of benzene rings is 1. The molecule has 0 aliphatic rings. The number of hydrogen-bond donors (Lipinski definition) is 0. The zero-order valence-electron chi connectivity index (χ0n) is 7.22. The van der Waals surface area contributed by atoms with Gasteiger partial charge in [0, 0.05) is 0 Å². The Bertz CT molecular complexity index is 236. The number of aryl methyl sites for hydroxylation is 2. The van der Waals surface area contributed by atoms with Gasteiger partial charge >= 0.3 is 0 Å². The van der Waals surface area contributed by atoms with Gasteiger partial charge in [-0.3, -0.25) is 0 Å². The first kappa shape index (κ1) is 8.32. The lowest BCUT2D eigenvalue weighted by molar-refractivity contribution is 1.09. The van der Waals surface area contributed by atoms with E-state index in [-0.39, 0.29) is 0 Å². The van der Waals surface area contributed by atoms with Gasteiger partial charge in [0.25, 0.3) is 0 Å². The Hall–Kier alpha value is -0.780. The van der Waals surface area contributed by atoms with Crippen LogP contribution in [-0.2, 0) is 12.8 Å². The molecule has 58 valence electrons. The topological polar surface area (TPSA) is 0 Å². The molecule has 0 atom stereocenters. The summed E-state index contributed by atoms with van der Waals surface area (Å²) in [6.07, 6.45) is 2.09. The summed E-state index contributed by atoms with van der Waals surface area (Å²) in [5.74, 6) is 0. The molecule has 0 aliphatic heterocycles. The molecule has 0 bridgehead atoms. The molecule has 2 radical (unpaired) electrons. The summed E-state index contributed by atoms with van der Waals surface area (Å²) in [7, 11) is 0. The fourth-order valence-corrected chi connectivity index (χ4v) is 1.19. The van der Waals surface area contributed by atoms with Crippen LogP contribution >= 0.6 is 0 Å². The van der Waals surface area contributed by atoms with Gasteiger partial charge in [-0.1, -0.05) is 32.0 Å². The summed E-state index contributed by atoms with van der Waals surface area (Å²) in [6.45, 7) is 10.1. The van der Waals surface area contributed by atoms with E-state index < -0.39 is 0 Å². The highest BCUT2D eigenvalue weighted by Gasteiger charge is 1.95. The van der Waals surface area contributed by atoms with Crippen molar-refractivity contribution in [1.29, 1.82) is 0 Å². The molecule has 0 fully saturated rings. The van der Waals surface area contributed by atoms with Crippen LogP contribution < -0.4 is 0 Å². The highest BCUT2D eigenvalue weighted by atomic mass is 14.0. The Morgan fingerprint density at radius 3 is 2.36 bits per heavy atom. The highest BCUT2D eigenvalue weighted by molar-refractivity contribution is 5.33. The second-order valence-electron chi connectivity index (χ2n) is 2.74. The molecule has 1 rings (SSSR count). The predicted octanol–water partition coefficient (Wildman–Crippen LogP) is 2.87. The second kappa shape index (κ2) is 3.56. The van der Waals surface area contributed by atoms with Crippen LogP contribution in [0.1, 0.15) is 30.5 Å². The average molecular weight is 146 g/mol. The molecule has 1 aromatic carbocycles. The average Bonchev–Trinajstić information content (AvgIpc) is 2.04. The maximum absolute atomic E-state index is 5.81. The predicted molar refractivity (Wildman–Crippen MR) is 48.6 cm³/mol. The van der Waals surface area contributed by atoms with Crippen LogP contribution in [0, 0.1) is 6.92 Å². The zero-order chi connectivity index (χ0) is 8.27. The maximum atomic E-state index is 5.81. The third kappa shape index (κ3) is 1.83. The van der Waals surface area contributed by atoms with E-state index in [1.165, 1.54) is 11.1 Å². The molecular weight excluding hydrogens is 132 g/mol. The van der Waals surface area contributed by atoms with Gasteiger partial charge in [-0.05, 0) is 36.5 Å². The van der Waals surface area contributed by atoms with E-state index in [9.17, 15) is 0 Å². The van der Waals surface area contributed by atoms with Crippen molar-refractivity contribution in [3.8, 4) is 0 Å². The van der Waals surface area contributed by atoms with Crippen molar-refractivity contribution in [2.75, 3.05) is 0 Å². The fraction of sp³-hybridized carbons (Fsp3) is 0.364.